The lowest BCUT2D eigenvalue weighted by Gasteiger charge is -2.35. The van der Waals surface area contributed by atoms with Crippen LogP contribution in [0.15, 0.2) is 36.4 Å². The topological polar surface area (TPSA) is 54.0 Å². The fourth-order valence-electron chi connectivity index (χ4n) is 2.97. The van der Waals surface area contributed by atoms with Gasteiger partial charge in [0.15, 0.2) is 5.11 Å². The third kappa shape index (κ3) is 3.52. The summed E-state index contributed by atoms with van der Waals surface area (Å²) in [5.74, 6) is 0.986. The highest BCUT2D eigenvalue weighted by atomic mass is 32.1. The monoisotopic (exact) mass is 362 g/mol. The molecule has 0 aromatic heterocycles. The van der Waals surface area contributed by atoms with Crippen molar-refractivity contribution in [1.29, 1.82) is 0 Å². The second-order valence-electron chi connectivity index (χ2n) is 5.70. The molecule has 25 heavy (non-hydrogen) atoms. The standard InChI is InChI=1S/C18H19FN2O3S/c1-23-15-7-8-16(24-2)17-13(15)9-21(10-14(17)22)18(25)20-12-5-3-11(19)4-6-12/h3-8,14,22H,9-10H2,1-2H3,(H,20,25)/t14-/m0/s1. The zero-order chi connectivity index (χ0) is 18.0. The highest BCUT2D eigenvalue weighted by Crippen LogP contribution is 2.39. The molecule has 0 fully saturated rings. The Kier molecular flexibility index (Phi) is 5.06. The molecule has 0 spiro atoms. The van der Waals surface area contributed by atoms with Crippen LogP contribution in [0.5, 0.6) is 11.5 Å². The molecule has 2 aromatic carbocycles. The van der Waals surface area contributed by atoms with E-state index in [0.717, 1.165) is 11.1 Å². The van der Waals surface area contributed by atoms with Crippen molar-refractivity contribution in [3.05, 3.63) is 53.3 Å². The number of aliphatic hydroxyl groups is 1. The molecule has 0 saturated carbocycles. The predicted molar refractivity (Wildman–Crippen MR) is 97.5 cm³/mol. The number of benzene rings is 2. The van der Waals surface area contributed by atoms with Gasteiger partial charge < -0.3 is 24.8 Å². The van der Waals surface area contributed by atoms with E-state index in [1.807, 2.05) is 11.0 Å². The van der Waals surface area contributed by atoms with Crippen molar-refractivity contribution in [1.82, 2.24) is 4.90 Å². The van der Waals surface area contributed by atoms with Gasteiger partial charge in [-0.1, -0.05) is 0 Å². The Morgan fingerprint density at radius 1 is 1.16 bits per heavy atom. The first kappa shape index (κ1) is 17.4. The van der Waals surface area contributed by atoms with Crippen LogP contribution in [0.25, 0.3) is 0 Å². The van der Waals surface area contributed by atoms with Crippen molar-refractivity contribution >= 4 is 23.0 Å². The number of aliphatic hydroxyl groups excluding tert-OH is 1. The van der Waals surface area contributed by atoms with E-state index < -0.39 is 6.10 Å². The largest absolute Gasteiger partial charge is 0.496 e. The summed E-state index contributed by atoms with van der Waals surface area (Å²) >= 11 is 5.45. The summed E-state index contributed by atoms with van der Waals surface area (Å²) in [4.78, 5) is 1.84. The normalized spacial score (nSPS) is 16.2. The molecule has 5 nitrogen and oxygen atoms in total. The molecule has 0 bridgehead atoms. The Morgan fingerprint density at radius 2 is 1.80 bits per heavy atom. The van der Waals surface area contributed by atoms with E-state index in [1.54, 1.807) is 32.4 Å². The molecule has 2 aromatic rings. The van der Waals surface area contributed by atoms with E-state index in [2.05, 4.69) is 5.32 Å². The van der Waals surface area contributed by atoms with Crippen LogP contribution in [0.3, 0.4) is 0 Å². The Labute approximate surface area is 151 Å². The number of hydrogen-bond donors (Lipinski definition) is 2. The molecule has 132 valence electrons. The maximum atomic E-state index is 13.0. The van der Waals surface area contributed by atoms with Crippen molar-refractivity contribution in [2.75, 3.05) is 26.1 Å². The number of fused-ring (bicyclic) bond motifs is 1. The summed E-state index contributed by atoms with van der Waals surface area (Å²) in [6.07, 6.45) is -0.762. The van der Waals surface area contributed by atoms with Gasteiger partial charge in [-0.05, 0) is 48.6 Å². The second-order valence-corrected chi connectivity index (χ2v) is 6.08. The van der Waals surface area contributed by atoms with Gasteiger partial charge in [-0.2, -0.15) is 0 Å². The molecule has 0 unspecified atom stereocenters. The third-order valence-corrected chi connectivity index (χ3v) is 4.53. The first-order chi connectivity index (χ1) is 12.0. The molecule has 0 amide bonds. The highest BCUT2D eigenvalue weighted by molar-refractivity contribution is 7.80. The number of anilines is 1. The lowest BCUT2D eigenvalue weighted by atomic mass is 9.95. The number of nitrogens with one attached hydrogen (secondary N) is 1. The number of β-amino-alcohol motifs (C(OH)–C–C–N with tert-alkyl or cyclic N) is 1. The summed E-state index contributed by atoms with van der Waals surface area (Å²) in [5.41, 5.74) is 2.25. The summed E-state index contributed by atoms with van der Waals surface area (Å²) in [6, 6.07) is 9.54. The Bertz CT molecular complexity index is 783. The lowest BCUT2D eigenvalue weighted by Crippen LogP contribution is -2.41. The van der Waals surface area contributed by atoms with Crippen molar-refractivity contribution in [2.24, 2.45) is 0 Å². The van der Waals surface area contributed by atoms with Crippen LogP contribution >= 0.6 is 12.2 Å². The molecule has 1 heterocycles. The molecular formula is C18H19FN2O3S. The smallest absolute Gasteiger partial charge is 0.173 e. The van der Waals surface area contributed by atoms with Crippen LogP contribution in [-0.2, 0) is 6.54 Å². The molecule has 1 aliphatic rings. The van der Waals surface area contributed by atoms with Gasteiger partial charge in [-0.3, -0.25) is 0 Å². The minimum Gasteiger partial charge on any atom is -0.496 e. The Morgan fingerprint density at radius 3 is 2.44 bits per heavy atom. The first-order valence-electron chi connectivity index (χ1n) is 7.76. The molecule has 1 aliphatic heterocycles. The number of hydrogen-bond acceptors (Lipinski definition) is 4. The molecule has 3 rings (SSSR count). The fourth-order valence-corrected chi connectivity index (χ4v) is 3.22. The SMILES string of the molecule is COc1ccc(OC)c2c1CN(C(=S)Nc1ccc(F)cc1)C[C@@H]2O. The fraction of sp³-hybridized carbons (Fsp3) is 0.278. The van der Waals surface area contributed by atoms with E-state index in [1.165, 1.54) is 12.1 Å². The van der Waals surface area contributed by atoms with Crippen molar-refractivity contribution in [3.8, 4) is 11.5 Å². The van der Waals surface area contributed by atoms with Crippen molar-refractivity contribution in [2.45, 2.75) is 12.6 Å². The van der Waals surface area contributed by atoms with Gasteiger partial charge in [0.05, 0.1) is 20.8 Å². The maximum Gasteiger partial charge on any atom is 0.173 e. The van der Waals surface area contributed by atoms with Crippen molar-refractivity contribution < 1.29 is 19.0 Å². The van der Waals surface area contributed by atoms with E-state index in [0.29, 0.717) is 35.4 Å². The van der Waals surface area contributed by atoms with Gasteiger partial charge in [-0.15, -0.1) is 0 Å². The number of ether oxygens (including phenoxy) is 2. The highest BCUT2D eigenvalue weighted by Gasteiger charge is 2.30. The molecule has 7 heteroatoms. The number of thiocarbonyl (C=S) groups is 1. The van der Waals surface area contributed by atoms with Crippen LogP contribution < -0.4 is 14.8 Å². The summed E-state index contributed by atoms with van der Waals surface area (Å²) in [5, 5.41) is 14.1. The van der Waals surface area contributed by atoms with Gasteiger partial charge in [-0.25, -0.2) is 4.39 Å². The minimum absolute atomic E-state index is 0.310. The van der Waals surface area contributed by atoms with E-state index in [9.17, 15) is 9.50 Å². The van der Waals surface area contributed by atoms with Gasteiger partial charge >= 0.3 is 0 Å². The zero-order valence-corrected chi connectivity index (χ0v) is 14.8. The van der Waals surface area contributed by atoms with Crippen molar-refractivity contribution in [3.63, 3.8) is 0 Å². The van der Waals surface area contributed by atoms with Gasteiger partial charge in [0.25, 0.3) is 0 Å². The summed E-state index contributed by atoms with van der Waals surface area (Å²) < 4.78 is 23.8. The third-order valence-electron chi connectivity index (χ3n) is 4.17. The molecule has 0 saturated heterocycles. The van der Waals surface area contributed by atoms with Crippen LogP contribution in [0.4, 0.5) is 10.1 Å². The van der Waals surface area contributed by atoms with Gasteiger partial charge in [0.2, 0.25) is 0 Å². The summed E-state index contributed by atoms with van der Waals surface area (Å²) in [7, 11) is 3.16. The summed E-state index contributed by atoms with van der Waals surface area (Å²) in [6.45, 7) is 0.795. The van der Waals surface area contributed by atoms with E-state index in [-0.39, 0.29) is 5.82 Å². The molecule has 1 atom stereocenters. The van der Waals surface area contributed by atoms with Gasteiger partial charge in [0.1, 0.15) is 23.4 Å². The molecule has 0 aliphatic carbocycles. The predicted octanol–water partition coefficient (Wildman–Crippen LogP) is 3.09. The van der Waals surface area contributed by atoms with E-state index in [4.69, 9.17) is 21.7 Å². The Hall–Kier alpha value is -2.38. The minimum atomic E-state index is -0.762. The van der Waals surface area contributed by atoms with Crippen LogP contribution in [0.1, 0.15) is 17.2 Å². The van der Waals surface area contributed by atoms with Crippen LogP contribution in [0, 0.1) is 5.82 Å². The lowest BCUT2D eigenvalue weighted by molar-refractivity contribution is 0.123. The van der Waals surface area contributed by atoms with Gasteiger partial charge in [0, 0.05) is 23.4 Å². The first-order valence-corrected chi connectivity index (χ1v) is 8.17. The number of methoxy groups -OCH3 is 2. The zero-order valence-electron chi connectivity index (χ0n) is 14.0. The quantitative estimate of drug-likeness (QED) is 0.819. The average Bonchev–Trinajstić information content (AvgIpc) is 2.62. The number of halogens is 1. The second kappa shape index (κ2) is 7.25. The Balaban J connectivity index is 1.85. The van der Waals surface area contributed by atoms with Crippen LogP contribution in [-0.4, -0.2) is 35.9 Å². The maximum absolute atomic E-state index is 13.0. The number of nitrogens with zero attached hydrogens (tertiary/aromatic N) is 1. The molecule has 2 N–H and O–H groups in total. The molecular weight excluding hydrogens is 343 g/mol. The average molecular weight is 362 g/mol. The van der Waals surface area contributed by atoms with E-state index >= 15 is 0 Å². The number of rotatable bonds is 3. The molecule has 0 radical (unpaired) electrons. The van der Waals surface area contributed by atoms with Crippen LogP contribution in [0.2, 0.25) is 0 Å².